The average Bonchev–Trinajstić information content (AvgIpc) is 3.08. The van der Waals surface area contributed by atoms with Crippen LogP contribution in [-0.4, -0.2) is 29.8 Å². The van der Waals surface area contributed by atoms with E-state index in [4.69, 9.17) is 4.42 Å². The van der Waals surface area contributed by atoms with E-state index in [1.807, 2.05) is 0 Å². The van der Waals surface area contributed by atoms with Gasteiger partial charge in [-0.2, -0.15) is 0 Å². The molecule has 130 valence electrons. The van der Waals surface area contributed by atoms with Crippen LogP contribution in [0.25, 0.3) is 0 Å². The summed E-state index contributed by atoms with van der Waals surface area (Å²) in [4.78, 5) is 38.5. The van der Waals surface area contributed by atoms with Gasteiger partial charge in [0.05, 0.1) is 16.8 Å². The van der Waals surface area contributed by atoms with E-state index < -0.39 is 11.5 Å². The molecule has 1 aliphatic rings. The first-order valence-electron chi connectivity index (χ1n) is 8.28. The number of hydrogen-bond acceptors (Lipinski definition) is 4. The summed E-state index contributed by atoms with van der Waals surface area (Å²) in [6, 6.07) is 8.23. The Bertz CT molecular complexity index is 853. The van der Waals surface area contributed by atoms with Crippen LogP contribution < -0.4 is 10.9 Å². The fourth-order valence-corrected chi connectivity index (χ4v) is 3.15. The summed E-state index contributed by atoms with van der Waals surface area (Å²) in [5.41, 5.74) is 1.27. The van der Waals surface area contributed by atoms with E-state index in [0.717, 1.165) is 25.9 Å². The molecule has 0 unspecified atom stereocenters. The standard InChI is InChI=1S/C19H20N2O4/c1-12-11-16(22)25-13(2)17(12)18(23)20-15-8-4-3-7-14(15)19(24)21-9-5-6-10-21/h3-4,7-8,11H,5-6,9-10H2,1-2H3,(H,20,23). The van der Waals surface area contributed by atoms with Crippen LogP contribution in [0, 0.1) is 13.8 Å². The van der Waals surface area contributed by atoms with Crippen molar-refractivity contribution in [2.45, 2.75) is 26.7 Å². The Labute approximate surface area is 145 Å². The fraction of sp³-hybridized carbons (Fsp3) is 0.316. The molecule has 0 spiro atoms. The van der Waals surface area contributed by atoms with Crippen molar-refractivity contribution in [2.75, 3.05) is 18.4 Å². The maximum absolute atomic E-state index is 12.7. The highest BCUT2D eigenvalue weighted by molar-refractivity contribution is 6.09. The number of benzene rings is 1. The Morgan fingerprint density at radius 2 is 1.80 bits per heavy atom. The van der Waals surface area contributed by atoms with Gasteiger partial charge in [0.25, 0.3) is 11.8 Å². The normalized spacial score (nSPS) is 13.8. The van der Waals surface area contributed by atoms with Gasteiger partial charge in [0.2, 0.25) is 0 Å². The van der Waals surface area contributed by atoms with E-state index >= 15 is 0 Å². The number of carbonyl (C=O) groups excluding carboxylic acids is 2. The number of rotatable bonds is 3. The zero-order chi connectivity index (χ0) is 18.0. The molecule has 0 atom stereocenters. The molecule has 6 nitrogen and oxygen atoms in total. The predicted octanol–water partition coefficient (Wildman–Crippen LogP) is 2.74. The summed E-state index contributed by atoms with van der Waals surface area (Å²) in [5, 5.41) is 2.78. The molecule has 1 saturated heterocycles. The lowest BCUT2D eigenvalue weighted by atomic mass is 10.1. The van der Waals surface area contributed by atoms with Crippen molar-refractivity contribution in [1.29, 1.82) is 0 Å². The molecule has 0 bridgehead atoms. The van der Waals surface area contributed by atoms with Crippen LogP contribution in [0.4, 0.5) is 5.69 Å². The molecule has 0 radical (unpaired) electrons. The number of hydrogen-bond donors (Lipinski definition) is 1. The summed E-state index contributed by atoms with van der Waals surface area (Å²) in [7, 11) is 0. The maximum atomic E-state index is 12.7. The number of carbonyl (C=O) groups is 2. The summed E-state index contributed by atoms with van der Waals surface area (Å²) in [6.07, 6.45) is 2.00. The number of nitrogens with zero attached hydrogens (tertiary/aromatic N) is 1. The molecule has 1 fully saturated rings. The topological polar surface area (TPSA) is 79.6 Å². The third kappa shape index (κ3) is 3.47. The number of anilines is 1. The summed E-state index contributed by atoms with van der Waals surface area (Å²) < 4.78 is 5.02. The number of nitrogens with one attached hydrogen (secondary N) is 1. The highest BCUT2D eigenvalue weighted by atomic mass is 16.4. The minimum atomic E-state index is -0.490. The smallest absolute Gasteiger partial charge is 0.336 e. The lowest BCUT2D eigenvalue weighted by molar-refractivity contribution is 0.0794. The van der Waals surface area contributed by atoms with Crippen LogP contribution in [0.1, 0.15) is 44.9 Å². The van der Waals surface area contributed by atoms with Gasteiger partial charge in [0.1, 0.15) is 5.76 Å². The Balaban J connectivity index is 1.90. The van der Waals surface area contributed by atoms with Crippen molar-refractivity contribution in [3.8, 4) is 0 Å². The van der Waals surface area contributed by atoms with E-state index in [9.17, 15) is 14.4 Å². The van der Waals surface area contributed by atoms with Crippen molar-refractivity contribution in [1.82, 2.24) is 4.90 Å². The Morgan fingerprint density at radius 1 is 1.12 bits per heavy atom. The molecule has 0 aliphatic carbocycles. The third-order valence-corrected chi connectivity index (χ3v) is 4.36. The van der Waals surface area contributed by atoms with Gasteiger partial charge in [-0.05, 0) is 44.4 Å². The van der Waals surface area contributed by atoms with Crippen molar-refractivity contribution < 1.29 is 14.0 Å². The van der Waals surface area contributed by atoms with Gasteiger partial charge in [-0.25, -0.2) is 4.79 Å². The van der Waals surface area contributed by atoms with Crippen LogP contribution in [0.5, 0.6) is 0 Å². The largest absolute Gasteiger partial charge is 0.427 e. The Kier molecular flexibility index (Phi) is 4.70. The summed E-state index contributed by atoms with van der Waals surface area (Å²) in [6.45, 7) is 4.73. The van der Waals surface area contributed by atoms with Gasteiger partial charge in [0, 0.05) is 19.2 Å². The second-order valence-corrected chi connectivity index (χ2v) is 6.18. The van der Waals surface area contributed by atoms with E-state index in [-0.39, 0.29) is 11.7 Å². The fourth-order valence-electron chi connectivity index (χ4n) is 3.15. The van der Waals surface area contributed by atoms with Crippen LogP contribution >= 0.6 is 0 Å². The van der Waals surface area contributed by atoms with E-state index in [1.165, 1.54) is 6.07 Å². The monoisotopic (exact) mass is 340 g/mol. The van der Waals surface area contributed by atoms with Gasteiger partial charge < -0.3 is 14.6 Å². The molecule has 2 heterocycles. The highest BCUT2D eigenvalue weighted by Crippen LogP contribution is 2.22. The third-order valence-electron chi connectivity index (χ3n) is 4.36. The molecule has 2 amide bonds. The molecule has 2 aromatic rings. The van der Waals surface area contributed by atoms with Gasteiger partial charge >= 0.3 is 5.63 Å². The van der Waals surface area contributed by atoms with Crippen molar-refractivity contribution >= 4 is 17.5 Å². The molecule has 1 aromatic heterocycles. The van der Waals surface area contributed by atoms with Gasteiger partial charge in [-0.3, -0.25) is 9.59 Å². The van der Waals surface area contributed by atoms with Gasteiger partial charge in [-0.1, -0.05) is 12.1 Å². The zero-order valence-electron chi connectivity index (χ0n) is 14.3. The minimum absolute atomic E-state index is 0.0820. The molecule has 1 N–H and O–H groups in total. The summed E-state index contributed by atoms with van der Waals surface area (Å²) in [5.74, 6) is -0.229. The van der Waals surface area contributed by atoms with Crippen molar-refractivity contribution in [2.24, 2.45) is 0 Å². The van der Waals surface area contributed by atoms with Crippen LogP contribution in [-0.2, 0) is 0 Å². The summed E-state index contributed by atoms with van der Waals surface area (Å²) >= 11 is 0. The second-order valence-electron chi connectivity index (χ2n) is 6.18. The second kappa shape index (κ2) is 6.93. The molecule has 25 heavy (non-hydrogen) atoms. The van der Waals surface area contributed by atoms with Gasteiger partial charge in [-0.15, -0.1) is 0 Å². The molecular formula is C19H20N2O4. The highest BCUT2D eigenvalue weighted by Gasteiger charge is 2.23. The molecule has 1 aromatic carbocycles. The molecule has 0 saturated carbocycles. The molecular weight excluding hydrogens is 320 g/mol. The Morgan fingerprint density at radius 3 is 2.48 bits per heavy atom. The first-order chi connectivity index (χ1) is 12.0. The lowest BCUT2D eigenvalue weighted by Gasteiger charge is -2.18. The van der Waals surface area contributed by atoms with Crippen molar-refractivity contribution in [3.05, 3.63) is 63.2 Å². The Hall–Kier alpha value is -2.89. The minimum Gasteiger partial charge on any atom is -0.427 e. The predicted molar refractivity (Wildman–Crippen MR) is 94.0 cm³/mol. The molecule has 6 heteroatoms. The first-order valence-corrected chi connectivity index (χ1v) is 8.28. The lowest BCUT2D eigenvalue weighted by Crippen LogP contribution is -2.29. The van der Waals surface area contributed by atoms with Gasteiger partial charge in [0.15, 0.2) is 0 Å². The number of aryl methyl sites for hydroxylation is 2. The zero-order valence-corrected chi connectivity index (χ0v) is 14.3. The van der Waals surface area contributed by atoms with E-state index in [2.05, 4.69) is 5.32 Å². The SMILES string of the molecule is Cc1cc(=O)oc(C)c1C(=O)Nc1ccccc1C(=O)N1CCCC1. The molecule has 3 rings (SSSR count). The maximum Gasteiger partial charge on any atom is 0.336 e. The number of para-hydroxylation sites is 1. The van der Waals surface area contributed by atoms with E-state index in [1.54, 1.807) is 43.0 Å². The number of amides is 2. The quantitative estimate of drug-likeness (QED) is 0.932. The van der Waals surface area contributed by atoms with Crippen LogP contribution in [0.15, 0.2) is 39.5 Å². The van der Waals surface area contributed by atoms with Crippen molar-refractivity contribution in [3.63, 3.8) is 0 Å². The van der Waals surface area contributed by atoms with Crippen LogP contribution in [0.3, 0.4) is 0 Å². The van der Waals surface area contributed by atoms with Crippen LogP contribution in [0.2, 0.25) is 0 Å². The van der Waals surface area contributed by atoms with E-state index in [0.29, 0.717) is 22.4 Å². The average molecular weight is 340 g/mol. The molecule has 1 aliphatic heterocycles. The first kappa shape index (κ1) is 17.0. The number of likely N-dealkylation sites (tertiary alicyclic amines) is 1.